The van der Waals surface area contributed by atoms with Gasteiger partial charge in [-0.2, -0.15) is 0 Å². The first kappa shape index (κ1) is 13.1. The first-order valence-electron chi connectivity index (χ1n) is 6.78. The summed E-state index contributed by atoms with van der Waals surface area (Å²) in [5.41, 5.74) is 0. The van der Waals surface area contributed by atoms with E-state index >= 15 is 0 Å². The van der Waals surface area contributed by atoms with E-state index < -0.39 is 0 Å². The van der Waals surface area contributed by atoms with Gasteiger partial charge < -0.3 is 15.4 Å². The van der Waals surface area contributed by atoms with Crippen molar-refractivity contribution in [1.29, 1.82) is 0 Å². The van der Waals surface area contributed by atoms with Gasteiger partial charge in [0.1, 0.15) is 18.2 Å². The normalized spacial score (nSPS) is 14.6. The van der Waals surface area contributed by atoms with Crippen molar-refractivity contribution in [3.8, 4) is 0 Å². The molecule has 1 aliphatic carbocycles. The van der Waals surface area contributed by atoms with Gasteiger partial charge in [0, 0.05) is 25.3 Å². The van der Waals surface area contributed by atoms with Gasteiger partial charge in [-0.05, 0) is 26.2 Å². The molecule has 5 nitrogen and oxygen atoms in total. The second kappa shape index (κ2) is 6.54. The minimum atomic E-state index is 0.470. The third kappa shape index (κ3) is 4.14. The molecule has 0 aliphatic heterocycles. The van der Waals surface area contributed by atoms with Crippen LogP contribution in [0.25, 0.3) is 0 Å². The average molecular weight is 250 g/mol. The van der Waals surface area contributed by atoms with E-state index in [4.69, 9.17) is 4.74 Å². The molecule has 100 valence electrons. The highest BCUT2D eigenvalue weighted by molar-refractivity contribution is 5.48. The third-order valence-corrected chi connectivity index (χ3v) is 2.69. The summed E-state index contributed by atoms with van der Waals surface area (Å²) in [4.78, 5) is 8.92. The summed E-state index contributed by atoms with van der Waals surface area (Å²) < 4.78 is 5.37. The van der Waals surface area contributed by atoms with Crippen molar-refractivity contribution in [3.63, 3.8) is 0 Å². The molecule has 5 heteroatoms. The molecule has 0 bridgehead atoms. The Morgan fingerprint density at radius 2 is 2.06 bits per heavy atom. The van der Waals surface area contributed by atoms with Crippen LogP contribution in [0.2, 0.25) is 0 Å². The second-order valence-corrected chi connectivity index (χ2v) is 4.54. The average Bonchev–Trinajstić information content (AvgIpc) is 3.17. The van der Waals surface area contributed by atoms with Crippen LogP contribution in [0.4, 0.5) is 11.6 Å². The van der Waals surface area contributed by atoms with Crippen molar-refractivity contribution in [2.75, 3.05) is 23.8 Å². The van der Waals surface area contributed by atoms with Gasteiger partial charge in [0.25, 0.3) is 0 Å². The van der Waals surface area contributed by atoms with E-state index in [1.165, 1.54) is 12.8 Å². The standard InChI is InChI=1S/C13H22N4O/c1-3-7-14-11-8-12(15-10-5-6-10)17-13(16-11)9-18-4-2/h8,10H,3-7,9H2,1-2H3,(H2,14,15,16,17). The molecular weight excluding hydrogens is 228 g/mol. The fourth-order valence-corrected chi connectivity index (χ4v) is 1.61. The largest absolute Gasteiger partial charge is 0.374 e. The van der Waals surface area contributed by atoms with Gasteiger partial charge in [-0.25, -0.2) is 9.97 Å². The molecule has 0 radical (unpaired) electrons. The molecule has 1 aromatic rings. The van der Waals surface area contributed by atoms with Gasteiger partial charge in [-0.3, -0.25) is 0 Å². The lowest BCUT2D eigenvalue weighted by molar-refractivity contribution is 0.128. The highest BCUT2D eigenvalue weighted by Gasteiger charge is 2.21. The number of nitrogens with zero attached hydrogens (tertiary/aromatic N) is 2. The zero-order valence-corrected chi connectivity index (χ0v) is 11.2. The maximum Gasteiger partial charge on any atom is 0.158 e. The maximum absolute atomic E-state index is 5.37. The summed E-state index contributed by atoms with van der Waals surface area (Å²) in [7, 11) is 0. The lowest BCUT2D eigenvalue weighted by Crippen LogP contribution is -2.10. The van der Waals surface area contributed by atoms with Crippen LogP contribution in [0.15, 0.2) is 6.07 Å². The van der Waals surface area contributed by atoms with Crippen molar-refractivity contribution in [1.82, 2.24) is 9.97 Å². The van der Waals surface area contributed by atoms with Crippen molar-refractivity contribution in [2.45, 2.75) is 45.8 Å². The summed E-state index contributed by atoms with van der Waals surface area (Å²) in [6.07, 6.45) is 3.56. The predicted molar refractivity (Wildman–Crippen MR) is 72.8 cm³/mol. The minimum absolute atomic E-state index is 0.470. The van der Waals surface area contributed by atoms with Gasteiger partial charge in [0.15, 0.2) is 5.82 Å². The molecule has 2 rings (SSSR count). The van der Waals surface area contributed by atoms with Crippen LogP contribution in [-0.2, 0) is 11.3 Å². The minimum Gasteiger partial charge on any atom is -0.374 e. The zero-order chi connectivity index (χ0) is 12.8. The maximum atomic E-state index is 5.37. The van der Waals surface area contributed by atoms with Crippen LogP contribution in [0.3, 0.4) is 0 Å². The molecule has 2 N–H and O–H groups in total. The summed E-state index contributed by atoms with van der Waals surface area (Å²) in [6.45, 7) is 6.19. The molecule has 0 spiro atoms. The van der Waals surface area contributed by atoms with E-state index in [0.717, 1.165) is 30.4 Å². The van der Waals surface area contributed by atoms with Crippen LogP contribution < -0.4 is 10.6 Å². The molecule has 0 atom stereocenters. The van der Waals surface area contributed by atoms with Crippen molar-refractivity contribution < 1.29 is 4.74 Å². The van der Waals surface area contributed by atoms with Crippen molar-refractivity contribution in [3.05, 3.63) is 11.9 Å². The molecule has 1 heterocycles. The van der Waals surface area contributed by atoms with Crippen molar-refractivity contribution >= 4 is 11.6 Å². The Morgan fingerprint density at radius 1 is 1.28 bits per heavy atom. The number of ether oxygens (including phenoxy) is 1. The lowest BCUT2D eigenvalue weighted by Gasteiger charge is -2.10. The topological polar surface area (TPSA) is 59.1 Å². The number of hydrogen-bond donors (Lipinski definition) is 2. The number of rotatable bonds is 8. The monoisotopic (exact) mass is 250 g/mol. The van der Waals surface area contributed by atoms with Crippen LogP contribution in [-0.4, -0.2) is 29.2 Å². The van der Waals surface area contributed by atoms with E-state index in [9.17, 15) is 0 Å². The molecule has 0 unspecified atom stereocenters. The molecule has 1 fully saturated rings. The molecule has 18 heavy (non-hydrogen) atoms. The first-order chi connectivity index (χ1) is 8.81. The fraction of sp³-hybridized carbons (Fsp3) is 0.692. The van der Waals surface area contributed by atoms with Gasteiger partial charge >= 0.3 is 0 Å². The predicted octanol–water partition coefficient (Wildman–Crippen LogP) is 2.41. The van der Waals surface area contributed by atoms with Crippen LogP contribution in [0.5, 0.6) is 0 Å². The molecule has 1 aliphatic rings. The lowest BCUT2D eigenvalue weighted by atomic mass is 10.4. The van der Waals surface area contributed by atoms with Crippen molar-refractivity contribution in [2.24, 2.45) is 0 Å². The Labute approximate surface area is 108 Å². The van der Waals surface area contributed by atoms with Crippen LogP contribution in [0.1, 0.15) is 38.9 Å². The SMILES string of the molecule is CCCNc1cc(NC2CC2)nc(COCC)n1. The van der Waals surface area contributed by atoms with Gasteiger partial charge in [0.2, 0.25) is 0 Å². The van der Waals surface area contributed by atoms with Gasteiger partial charge in [0.05, 0.1) is 0 Å². The third-order valence-electron chi connectivity index (χ3n) is 2.69. The summed E-state index contributed by atoms with van der Waals surface area (Å²) in [5, 5.41) is 6.70. The quantitative estimate of drug-likeness (QED) is 0.742. The molecular formula is C13H22N4O. The second-order valence-electron chi connectivity index (χ2n) is 4.54. The fourth-order valence-electron chi connectivity index (χ4n) is 1.61. The van der Waals surface area contributed by atoms with Gasteiger partial charge in [-0.1, -0.05) is 6.92 Å². The number of hydrogen-bond acceptors (Lipinski definition) is 5. The van der Waals surface area contributed by atoms with Crippen LogP contribution >= 0.6 is 0 Å². The Hall–Kier alpha value is -1.36. The highest BCUT2D eigenvalue weighted by Crippen LogP contribution is 2.24. The molecule has 1 saturated carbocycles. The summed E-state index contributed by atoms with van der Waals surface area (Å²) in [6, 6.07) is 2.57. The smallest absolute Gasteiger partial charge is 0.158 e. The molecule has 1 aromatic heterocycles. The van der Waals surface area contributed by atoms with E-state index in [2.05, 4.69) is 27.5 Å². The highest BCUT2D eigenvalue weighted by atomic mass is 16.5. The molecule has 0 aromatic carbocycles. The zero-order valence-electron chi connectivity index (χ0n) is 11.2. The summed E-state index contributed by atoms with van der Waals surface area (Å²) >= 11 is 0. The first-order valence-corrected chi connectivity index (χ1v) is 6.78. The summed E-state index contributed by atoms with van der Waals surface area (Å²) in [5.74, 6) is 2.52. The number of anilines is 2. The Balaban J connectivity index is 2.05. The Kier molecular flexibility index (Phi) is 4.75. The number of aromatic nitrogens is 2. The van der Waals surface area contributed by atoms with Gasteiger partial charge in [-0.15, -0.1) is 0 Å². The van der Waals surface area contributed by atoms with E-state index in [1.54, 1.807) is 0 Å². The van der Waals surface area contributed by atoms with Crippen LogP contribution in [0, 0.1) is 0 Å². The Bertz CT molecular complexity index is 353. The molecule has 0 saturated heterocycles. The Morgan fingerprint density at radius 3 is 2.72 bits per heavy atom. The van der Waals surface area contributed by atoms with E-state index in [1.807, 2.05) is 13.0 Å². The molecule has 0 amide bonds. The number of nitrogens with one attached hydrogen (secondary N) is 2. The van der Waals surface area contributed by atoms with E-state index in [-0.39, 0.29) is 0 Å². The van der Waals surface area contributed by atoms with E-state index in [0.29, 0.717) is 19.3 Å².